The molecule has 0 spiro atoms. The summed E-state index contributed by atoms with van der Waals surface area (Å²) in [6, 6.07) is 3.62. The Bertz CT molecular complexity index is 556. The van der Waals surface area contributed by atoms with Gasteiger partial charge in [-0.2, -0.15) is 18.3 Å². The van der Waals surface area contributed by atoms with E-state index in [9.17, 15) is 13.2 Å². The maximum absolute atomic E-state index is 12.5. The Morgan fingerprint density at radius 3 is 2.50 bits per heavy atom. The number of halogens is 3. The van der Waals surface area contributed by atoms with Crippen LogP contribution >= 0.6 is 0 Å². The summed E-state index contributed by atoms with van der Waals surface area (Å²) >= 11 is 0. The molecule has 1 unspecified atom stereocenters. The summed E-state index contributed by atoms with van der Waals surface area (Å²) in [6.45, 7) is 2.03. The summed E-state index contributed by atoms with van der Waals surface area (Å²) in [5, 5.41) is 6.83. The van der Waals surface area contributed by atoms with Gasteiger partial charge in [-0.3, -0.25) is 4.98 Å². The first kappa shape index (κ1) is 14.5. The van der Waals surface area contributed by atoms with E-state index in [1.807, 2.05) is 14.0 Å². The number of alkyl halides is 3. The number of nitrogens with one attached hydrogen (secondary N) is 1. The van der Waals surface area contributed by atoms with Crippen molar-refractivity contribution in [2.24, 2.45) is 0 Å². The lowest BCUT2D eigenvalue weighted by Crippen LogP contribution is -2.16. The lowest BCUT2D eigenvalue weighted by atomic mass is 10.1. The van der Waals surface area contributed by atoms with E-state index in [0.717, 1.165) is 24.5 Å². The van der Waals surface area contributed by atoms with Gasteiger partial charge in [0.1, 0.15) is 0 Å². The van der Waals surface area contributed by atoms with Gasteiger partial charge >= 0.3 is 6.18 Å². The molecular formula is C13H15F3N4. The van der Waals surface area contributed by atoms with Gasteiger partial charge < -0.3 is 5.32 Å². The molecule has 0 radical (unpaired) electrons. The van der Waals surface area contributed by atoms with Crippen molar-refractivity contribution in [3.05, 3.63) is 42.0 Å². The number of hydrogen-bond donors (Lipinski definition) is 1. The molecule has 0 saturated carbocycles. The van der Waals surface area contributed by atoms with E-state index in [2.05, 4.69) is 15.4 Å². The van der Waals surface area contributed by atoms with Gasteiger partial charge in [0.25, 0.3) is 0 Å². The molecule has 4 nitrogen and oxygen atoms in total. The van der Waals surface area contributed by atoms with Crippen LogP contribution in [0.1, 0.15) is 30.6 Å². The van der Waals surface area contributed by atoms with Gasteiger partial charge in [-0.25, -0.2) is 4.68 Å². The van der Waals surface area contributed by atoms with Crippen molar-refractivity contribution in [3.63, 3.8) is 0 Å². The minimum atomic E-state index is -4.38. The molecule has 7 heteroatoms. The molecule has 0 aliphatic carbocycles. The molecule has 0 amide bonds. The molecule has 2 rings (SSSR count). The molecule has 2 heterocycles. The van der Waals surface area contributed by atoms with Crippen LogP contribution in [0, 0.1) is 0 Å². The quantitative estimate of drug-likeness (QED) is 0.938. The largest absolute Gasteiger partial charge is 0.419 e. The van der Waals surface area contributed by atoms with Crippen molar-refractivity contribution in [2.45, 2.75) is 25.6 Å². The van der Waals surface area contributed by atoms with E-state index < -0.39 is 11.7 Å². The summed E-state index contributed by atoms with van der Waals surface area (Å²) in [4.78, 5) is 4.26. The van der Waals surface area contributed by atoms with Crippen LogP contribution in [0.25, 0.3) is 5.69 Å². The second-order valence-electron chi connectivity index (χ2n) is 4.36. The van der Waals surface area contributed by atoms with Crippen molar-refractivity contribution in [2.75, 3.05) is 7.05 Å². The van der Waals surface area contributed by atoms with Crippen molar-refractivity contribution < 1.29 is 13.2 Å². The molecule has 2 aromatic rings. The molecule has 0 bridgehead atoms. The Kier molecular flexibility index (Phi) is 4.08. The zero-order valence-corrected chi connectivity index (χ0v) is 11.1. The van der Waals surface area contributed by atoms with Gasteiger partial charge in [0.15, 0.2) is 0 Å². The third kappa shape index (κ3) is 2.98. The first-order valence-corrected chi connectivity index (χ1v) is 6.21. The van der Waals surface area contributed by atoms with Crippen molar-refractivity contribution in [1.29, 1.82) is 0 Å². The van der Waals surface area contributed by atoms with Crippen LogP contribution < -0.4 is 5.32 Å². The molecule has 108 valence electrons. The molecule has 2 aromatic heterocycles. The highest BCUT2D eigenvalue weighted by molar-refractivity contribution is 5.30. The molecular weight excluding hydrogens is 269 g/mol. The maximum atomic E-state index is 12.5. The molecule has 0 aliphatic rings. The van der Waals surface area contributed by atoms with Gasteiger partial charge in [-0.1, -0.05) is 6.92 Å². The summed E-state index contributed by atoms with van der Waals surface area (Å²) < 4.78 is 38.7. The zero-order chi connectivity index (χ0) is 14.8. The first-order valence-electron chi connectivity index (χ1n) is 6.21. The SMILES string of the molecule is CCC(NC)c1ccc(-n2cc(C(F)(F)F)cn2)cn1. The van der Waals surface area contributed by atoms with Gasteiger partial charge in [-0.05, 0) is 25.6 Å². The standard InChI is InChI=1S/C13H15F3N4/c1-3-11(17-2)12-5-4-10(7-18-12)20-8-9(6-19-20)13(14,15)16/h4-8,11,17H,3H2,1-2H3. The average Bonchev–Trinajstić information content (AvgIpc) is 2.90. The Labute approximate surface area is 114 Å². The predicted octanol–water partition coefficient (Wildman–Crippen LogP) is 2.96. The van der Waals surface area contributed by atoms with Gasteiger partial charge in [0.2, 0.25) is 0 Å². The van der Waals surface area contributed by atoms with E-state index in [1.165, 1.54) is 10.9 Å². The summed E-state index contributed by atoms with van der Waals surface area (Å²) in [7, 11) is 1.84. The normalized spacial score (nSPS) is 13.4. The summed E-state index contributed by atoms with van der Waals surface area (Å²) in [6.07, 6.45) is -0.237. The van der Waals surface area contributed by atoms with Gasteiger partial charge in [0.05, 0.1) is 29.3 Å². The molecule has 0 saturated heterocycles. The highest BCUT2D eigenvalue weighted by Crippen LogP contribution is 2.29. The van der Waals surface area contributed by atoms with Crippen molar-refractivity contribution >= 4 is 0 Å². The maximum Gasteiger partial charge on any atom is 0.419 e. The number of aromatic nitrogens is 3. The first-order chi connectivity index (χ1) is 9.45. The molecule has 1 atom stereocenters. The van der Waals surface area contributed by atoms with E-state index in [4.69, 9.17) is 0 Å². The lowest BCUT2D eigenvalue weighted by molar-refractivity contribution is -0.137. The summed E-state index contributed by atoms with van der Waals surface area (Å²) in [5.74, 6) is 0. The smallest absolute Gasteiger partial charge is 0.312 e. The van der Waals surface area contributed by atoms with Crippen LogP contribution in [0.15, 0.2) is 30.7 Å². The Morgan fingerprint density at radius 1 is 1.30 bits per heavy atom. The average molecular weight is 284 g/mol. The van der Waals surface area contributed by atoms with E-state index in [0.29, 0.717) is 5.69 Å². The van der Waals surface area contributed by atoms with E-state index >= 15 is 0 Å². The summed E-state index contributed by atoms with van der Waals surface area (Å²) in [5.41, 5.74) is 0.570. The minimum absolute atomic E-state index is 0.132. The third-order valence-electron chi connectivity index (χ3n) is 3.06. The van der Waals surface area contributed by atoms with Gasteiger partial charge in [0, 0.05) is 12.2 Å². The fourth-order valence-corrected chi connectivity index (χ4v) is 1.91. The van der Waals surface area contributed by atoms with Gasteiger partial charge in [-0.15, -0.1) is 0 Å². The van der Waals surface area contributed by atoms with E-state index in [1.54, 1.807) is 12.1 Å². The topological polar surface area (TPSA) is 42.7 Å². The monoisotopic (exact) mass is 284 g/mol. The molecule has 0 aromatic carbocycles. The van der Waals surface area contributed by atoms with Crippen LogP contribution in [-0.2, 0) is 6.18 Å². The fourth-order valence-electron chi connectivity index (χ4n) is 1.91. The zero-order valence-electron chi connectivity index (χ0n) is 11.1. The number of hydrogen-bond acceptors (Lipinski definition) is 3. The Morgan fingerprint density at radius 2 is 2.05 bits per heavy atom. The number of nitrogens with zero attached hydrogens (tertiary/aromatic N) is 3. The molecule has 20 heavy (non-hydrogen) atoms. The van der Waals surface area contributed by atoms with Crippen LogP contribution in [0.2, 0.25) is 0 Å². The molecule has 0 aliphatic heterocycles. The Balaban J connectivity index is 2.24. The van der Waals surface area contributed by atoms with Crippen molar-refractivity contribution in [3.8, 4) is 5.69 Å². The number of pyridine rings is 1. The van der Waals surface area contributed by atoms with Crippen LogP contribution in [0.4, 0.5) is 13.2 Å². The predicted molar refractivity (Wildman–Crippen MR) is 68.5 cm³/mol. The molecule has 0 fully saturated rings. The second kappa shape index (κ2) is 5.62. The third-order valence-corrected chi connectivity index (χ3v) is 3.06. The van der Waals surface area contributed by atoms with Crippen LogP contribution in [0.5, 0.6) is 0 Å². The Hall–Kier alpha value is -1.89. The molecule has 1 N–H and O–H groups in total. The lowest BCUT2D eigenvalue weighted by Gasteiger charge is -2.13. The van der Waals surface area contributed by atoms with Crippen LogP contribution in [0.3, 0.4) is 0 Å². The van der Waals surface area contributed by atoms with Crippen LogP contribution in [-0.4, -0.2) is 21.8 Å². The minimum Gasteiger partial charge on any atom is -0.312 e. The van der Waals surface area contributed by atoms with Crippen molar-refractivity contribution in [1.82, 2.24) is 20.1 Å². The number of rotatable bonds is 4. The van der Waals surface area contributed by atoms with E-state index in [-0.39, 0.29) is 6.04 Å². The highest BCUT2D eigenvalue weighted by Gasteiger charge is 2.32. The second-order valence-corrected chi connectivity index (χ2v) is 4.36. The fraction of sp³-hybridized carbons (Fsp3) is 0.385. The highest BCUT2D eigenvalue weighted by atomic mass is 19.4.